The van der Waals surface area contributed by atoms with Gasteiger partial charge in [-0.05, 0) is 99.2 Å². The number of rotatable bonds is 5. The number of piperidine rings is 1. The highest BCUT2D eigenvalue weighted by molar-refractivity contribution is 5.90. The Morgan fingerprint density at radius 2 is 1.67 bits per heavy atom. The summed E-state index contributed by atoms with van der Waals surface area (Å²) in [5.41, 5.74) is 3.16. The van der Waals surface area contributed by atoms with Gasteiger partial charge >= 0.3 is 5.97 Å². The molecule has 0 unspecified atom stereocenters. The first kappa shape index (κ1) is 22.7. The number of hydrogen-bond donors (Lipinski definition) is 1. The zero-order chi connectivity index (χ0) is 22.8. The molecule has 1 heterocycles. The van der Waals surface area contributed by atoms with Crippen molar-refractivity contribution < 1.29 is 14.6 Å². The van der Waals surface area contributed by atoms with Crippen LogP contribution in [0.25, 0.3) is 10.8 Å². The van der Waals surface area contributed by atoms with Gasteiger partial charge in [0.1, 0.15) is 5.75 Å². The van der Waals surface area contributed by atoms with Gasteiger partial charge in [0.05, 0.1) is 12.0 Å². The minimum absolute atomic E-state index is 0.193. The van der Waals surface area contributed by atoms with Crippen LogP contribution in [-0.2, 0) is 11.3 Å². The lowest BCUT2D eigenvalue weighted by Gasteiger charge is -2.43. The fraction of sp³-hybridized carbons (Fsp3) is 0.621. The van der Waals surface area contributed by atoms with Crippen LogP contribution in [-0.4, -0.2) is 35.2 Å². The molecule has 0 amide bonds. The van der Waals surface area contributed by atoms with E-state index in [2.05, 4.69) is 42.2 Å². The number of hydrogen-bond acceptors (Lipinski definition) is 3. The highest BCUT2D eigenvalue weighted by Gasteiger charge is 2.37. The number of likely N-dealkylation sites (tertiary alicyclic amines) is 1. The van der Waals surface area contributed by atoms with Crippen LogP contribution in [0.4, 0.5) is 0 Å². The minimum atomic E-state index is -0.646. The first-order valence-corrected chi connectivity index (χ1v) is 13.2. The van der Waals surface area contributed by atoms with Crippen molar-refractivity contribution in [2.24, 2.45) is 11.3 Å². The van der Waals surface area contributed by atoms with Crippen LogP contribution in [0.15, 0.2) is 30.3 Å². The summed E-state index contributed by atoms with van der Waals surface area (Å²) < 4.78 is 6.79. The third kappa shape index (κ3) is 4.91. The average Bonchev–Trinajstić information content (AvgIpc) is 2.84. The first-order valence-electron chi connectivity index (χ1n) is 13.2. The quantitative estimate of drug-likeness (QED) is 0.551. The molecule has 2 aromatic carbocycles. The van der Waals surface area contributed by atoms with Crippen LogP contribution < -0.4 is 4.74 Å². The molecule has 5 rings (SSSR count). The molecule has 1 N–H and O–H groups in total. The Balaban J connectivity index is 1.35. The molecule has 2 saturated carbocycles. The van der Waals surface area contributed by atoms with Crippen LogP contribution in [0.3, 0.4) is 0 Å². The van der Waals surface area contributed by atoms with Crippen molar-refractivity contribution in [2.75, 3.05) is 13.1 Å². The summed E-state index contributed by atoms with van der Waals surface area (Å²) in [6.07, 6.45) is 13.9. The molecule has 2 aromatic rings. The van der Waals surface area contributed by atoms with Crippen molar-refractivity contribution in [3.05, 3.63) is 41.5 Å². The summed E-state index contributed by atoms with van der Waals surface area (Å²) in [5.74, 6) is 0.213. The van der Waals surface area contributed by atoms with Gasteiger partial charge in [-0.1, -0.05) is 43.5 Å². The van der Waals surface area contributed by atoms with Gasteiger partial charge in [0.25, 0.3) is 0 Å². The monoisotopic (exact) mass is 449 g/mol. The SMILES string of the molecule is Cc1cc(OC2CCC3(CCCCC3)CC2)c(CN2CCC(C(=O)O)CC2)c2ccccc12. The molecule has 1 spiro atoms. The lowest BCUT2D eigenvalue weighted by molar-refractivity contribution is -0.143. The predicted octanol–water partition coefficient (Wildman–Crippen LogP) is 6.72. The number of fused-ring (bicyclic) bond motifs is 1. The lowest BCUT2D eigenvalue weighted by atomic mass is 9.65. The number of carboxylic acid groups (broad SMARTS) is 1. The van der Waals surface area contributed by atoms with Gasteiger partial charge in [0, 0.05) is 12.1 Å². The van der Waals surface area contributed by atoms with Crippen LogP contribution in [0.1, 0.15) is 81.8 Å². The van der Waals surface area contributed by atoms with Crippen molar-refractivity contribution in [3.8, 4) is 5.75 Å². The summed E-state index contributed by atoms with van der Waals surface area (Å²) in [5, 5.41) is 11.9. The van der Waals surface area contributed by atoms with Gasteiger partial charge in [-0.3, -0.25) is 9.69 Å². The van der Waals surface area contributed by atoms with E-state index in [-0.39, 0.29) is 5.92 Å². The largest absolute Gasteiger partial charge is 0.490 e. The van der Waals surface area contributed by atoms with E-state index in [1.54, 1.807) is 0 Å². The maximum Gasteiger partial charge on any atom is 0.306 e. The maximum absolute atomic E-state index is 11.4. The molecule has 2 aliphatic carbocycles. The van der Waals surface area contributed by atoms with Crippen molar-refractivity contribution in [3.63, 3.8) is 0 Å². The number of aliphatic carboxylic acids is 1. The Hall–Kier alpha value is -2.07. The second kappa shape index (κ2) is 9.66. The van der Waals surface area contributed by atoms with Crippen LogP contribution >= 0.6 is 0 Å². The smallest absolute Gasteiger partial charge is 0.306 e. The van der Waals surface area contributed by atoms with Crippen molar-refractivity contribution in [2.45, 2.75) is 90.2 Å². The summed E-state index contributed by atoms with van der Waals surface area (Å²) in [6.45, 7) is 4.70. The molecule has 0 atom stereocenters. The Labute approximate surface area is 198 Å². The second-order valence-electron chi connectivity index (χ2n) is 11.0. The van der Waals surface area contributed by atoms with Gasteiger partial charge in [-0.2, -0.15) is 0 Å². The molecular weight excluding hydrogens is 410 g/mol. The number of carboxylic acids is 1. The molecule has 0 bridgehead atoms. The molecule has 0 radical (unpaired) electrons. The molecule has 178 valence electrons. The highest BCUT2D eigenvalue weighted by atomic mass is 16.5. The molecule has 4 heteroatoms. The molecule has 3 aliphatic rings. The van der Waals surface area contributed by atoms with Crippen LogP contribution in [0.5, 0.6) is 5.75 Å². The number of benzene rings is 2. The Morgan fingerprint density at radius 3 is 2.33 bits per heavy atom. The van der Waals surface area contributed by atoms with Crippen LogP contribution in [0, 0.1) is 18.3 Å². The molecule has 33 heavy (non-hydrogen) atoms. The fourth-order valence-corrected chi connectivity index (χ4v) is 6.72. The van der Waals surface area contributed by atoms with E-state index in [9.17, 15) is 9.90 Å². The van der Waals surface area contributed by atoms with Gasteiger partial charge < -0.3 is 9.84 Å². The van der Waals surface area contributed by atoms with Crippen molar-refractivity contribution >= 4 is 16.7 Å². The number of aryl methyl sites for hydroxylation is 1. The maximum atomic E-state index is 11.4. The molecular formula is C29H39NO3. The van der Waals surface area contributed by atoms with E-state index < -0.39 is 5.97 Å². The zero-order valence-corrected chi connectivity index (χ0v) is 20.2. The van der Waals surface area contributed by atoms with Crippen molar-refractivity contribution in [1.29, 1.82) is 0 Å². The Morgan fingerprint density at radius 1 is 1.00 bits per heavy atom. The Bertz CT molecular complexity index is 976. The number of carbonyl (C=O) groups is 1. The zero-order valence-electron chi connectivity index (χ0n) is 20.2. The summed E-state index contributed by atoms with van der Waals surface area (Å²) in [4.78, 5) is 13.8. The molecule has 3 fully saturated rings. The average molecular weight is 450 g/mol. The first-order chi connectivity index (χ1) is 16.0. The van der Waals surface area contributed by atoms with E-state index >= 15 is 0 Å². The third-order valence-corrected chi connectivity index (χ3v) is 8.84. The molecule has 1 saturated heterocycles. The van der Waals surface area contributed by atoms with Crippen LogP contribution in [0.2, 0.25) is 0 Å². The summed E-state index contributed by atoms with van der Waals surface area (Å²) in [6, 6.07) is 10.9. The lowest BCUT2D eigenvalue weighted by Crippen LogP contribution is -2.36. The van der Waals surface area contributed by atoms with Gasteiger partial charge in [0.15, 0.2) is 0 Å². The second-order valence-corrected chi connectivity index (χ2v) is 11.0. The predicted molar refractivity (Wildman–Crippen MR) is 133 cm³/mol. The van der Waals surface area contributed by atoms with E-state index in [1.807, 2.05) is 0 Å². The molecule has 1 aliphatic heterocycles. The summed E-state index contributed by atoms with van der Waals surface area (Å²) >= 11 is 0. The molecule has 4 nitrogen and oxygen atoms in total. The van der Waals surface area contributed by atoms with Gasteiger partial charge in [0.2, 0.25) is 0 Å². The summed E-state index contributed by atoms with van der Waals surface area (Å²) in [7, 11) is 0. The fourth-order valence-electron chi connectivity index (χ4n) is 6.72. The van der Waals surface area contributed by atoms with E-state index in [0.29, 0.717) is 11.5 Å². The minimum Gasteiger partial charge on any atom is -0.490 e. The topological polar surface area (TPSA) is 49.8 Å². The number of nitrogens with zero attached hydrogens (tertiary/aromatic N) is 1. The van der Waals surface area contributed by atoms with E-state index in [0.717, 1.165) is 38.2 Å². The molecule has 0 aromatic heterocycles. The van der Waals surface area contributed by atoms with E-state index in [1.165, 1.54) is 79.7 Å². The third-order valence-electron chi connectivity index (χ3n) is 8.84. The highest BCUT2D eigenvalue weighted by Crippen LogP contribution is 2.48. The normalized spacial score (nSPS) is 22.6. The van der Waals surface area contributed by atoms with Gasteiger partial charge in [-0.15, -0.1) is 0 Å². The Kier molecular flexibility index (Phi) is 6.65. The van der Waals surface area contributed by atoms with Gasteiger partial charge in [-0.25, -0.2) is 0 Å². The number of ether oxygens (including phenoxy) is 1. The standard InChI is InChI=1S/C29H39NO3/c1-21-19-27(33-23-9-15-29(16-10-23)13-5-2-6-14-29)26(25-8-4-3-7-24(21)25)20-30-17-11-22(12-18-30)28(31)32/h3-4,7-8,19,22-23H,2,5-6,9-18,20H2,1H3,(H,31,32). The van der Waals surface area contributed by atoms with E-state index in [4.69, 9.17) is 4.74 Å². The van der Waals surface area contributed by atoms with Crippen molar-refractivity contribution in [1.82, 2.24) is 4.90 Å².